The van der Waals surface area contributed by atoms with Crippen LogP contribution < -0.4 is 5.32 Å². The van der Waals surface area contributed by atoms with Crippen molar-refractivity contribution in [2.24, 2.45) is 0 Å². The van der Waals surface area contributed by atoms with Gasteiger partial charge in [0.15, 0.2) is 11.7 Å². The van der Waals surface area contributed by atoms with E-state index in [0.29, 0.717) is 22.0 Å². The Morgan fingerprint density at radius 3 is 2.74 bits per heavy atom. The predicted molar refractivity (Wildman–Crippen MR) is 94.3 cm³/mol. The number of hydrogen-bond donors (Lipinski definition) is 1. The van der Waals surface area contributed by atoms with Crippen molar-refractivity contribution in [3.8, 4) is 23.6 Å². The molecule has 27 heavy (non-hydrogen) atoms. The second-order valence-corrected chi connectivity index (χ2v) is 6.14. The van der Waals surface area contributed by atoms with E-state index in [2.05, 4.69) is 10.1 Å². The van der Waals surface area contributed by atoms with Crippen molar-refractivity contribution in [1.82, 2.24) is 19.9 Å². The SMILES string of the molecule is C#CC(NC(=O)c1cnn2c(C)cc(-c3cccc(Cl)c3)nc12)C(F)(F)F. The molecule has 0 fully saturated rings. The molecule has 5 nitrogen and oxygen atoms in total. The van der Waals surface area contributed by atoms with Crippen LogP contribution in [0.15, 0.2) is 36.5 Å². The van der Waals surface area contributed by atoms with Crippen molar-refractivity contribution >= 4 is 23.2 Å². The van der Waals surface area contributed by atoms with Crippen LogP contribution >= 0.6 is 11.6 Å². The summed E-state index contributed by atoms with van der Waals surface area (Å²) in [6, 6.07) is 6.23. The van der Waals surface area contributed by atoms with Crippen molar-refractivity contribution in [2.45, 2.75) is 19.1 Å². The third-order valence-corrected chi connectivity index (χ3v) is 4.02. The molecule has 0 saturated carbocycles. The van der Waals surface area contributed by atoms with Crippen molar-refractivity contribution in [2.75, 3.05) is 0 Å². The molecule has 1 aromatic carbocycles. The summed E-state index contributed by atoms with van der Waals surface area (Å²) in [5.74, 6) is 0.505. The second kappa shape index (κ2) is 6.93. The molecule has 2 heterocycles. The zero-order valence-corrected chi connectivity index (χ0v) is 14.6. The number of carbonyl (C=O) groups excluding carboxylic acids is 1. The molecule has 0 aliphatic rings. The molecule has 1 amide bonds. The van der Waals surface area contributed by atoms with Crippen LogP contribution in [-0.2, 0) is 0 Å². The summed E-state index contributed by atoms with van der Waals surface area (Å²) in [4.78, 5) is 16.7. The Hall–Kier alpha value is -3.05. The Kier molecular flexibility index (Phi) is 4.81. The van der Waals surface area contributed by atoms with Crippen LogP contribution in [0.3, 0.4) is 0 Å². The zero-order valence-electron chi connectivity index (χ0n) is 13.9. The number of aryl methyl sites for hydroxylation is 1. The first-order chi connectivity index (χ1) is 12.7. The quantitative estimate of drug-likeness (QED) is 0.692. The first-order valence-corrected chi connectivity index (χ1v) is 8.03. The lowest BCUT2D eigenvalue weighted by Crippen LogP contribution is -2.44. The van der Waals surface area contributed by atoms with Crippen LogP contribution in [0.2, 0.25) is 5.02 Å². The van der Waals surface area contributed by atoms with Gasteiger partial charge in [-0.3, -0.25) is 4.79 Å². The van der Waals surface area contributed by atoms with E-state index in [1.54, 1.807) is 42.6 Å². The molecule has 3 rings (SSSR count). The van der Waals surface area contributed by atoms with Crippen molar-refractivity contribution < 1.29 is 18.0 Å². The highest BCUT2D eigenvalue weighted by Gasteiger charge is 2.40. The molecule has 1 atom stereocenters. The molecular weight excluding hydrogens is 381 g/mol. The topological polar surface area (TPSA) is 59.3 Å². The van der Waals surface area contributed by atoms with Gasteiger partial charge in [-0.2, -0.15) is 18.3 Å². The smallest absolute Gasteiger partial charge is 0.330 e. The lowest BCUT2D eigenvalue weighted by molar-refractivity contribution is -0.140. The molecule has 1 unspecified atom stereocenters. The third-order valence-electron chi connectivity index (χ3n) is 3.78. The summed E-state index contributed by atoms with van der Waals surface area (Å²) in [7, 11) is 0. The lowest BCUT2D eigenvalue weighted by Gasteiger charge is -2.15. The van der Waals surface area contributed by atoms with E-state index in [1.807, 2.05) is 0 Å². The van der Waals surface area contributed by atoms with Gasteiger partial charge in [0.25, 0.3) is 5.91 Å². The van der Waals surface area contributed by atoms with Gasteiger partial charge >= 0.3 is 6.18 Å². The van der Waals surface area contributed by atoms with Gasteiger partial charge < -0.3 is 5.32 Å². The number of nitrogens with zero attached hydrogens (tertiary/aromatic N) is 3. The fourth-order valence-electron chi connectivity index (χ4n) is 2.50. The molecular formula is C18H12ClF3N4O. The Balaban J connectivity index is 2.05. The molecule has 0 saturated heterocycles. The van der Waals surface area contributed by atoms with Gasteiger partial charge in [0.2, 0.25) is 0 Å². The van der Waals surface area contributed by atoms with Gasteiger partial charge in [0.05, 0.1) is 11.9 Å². The maximum absolute atomic E-state index is 12.8. The second-order valence-electron chi connectivity index (χ2n) is 5.70. The monoisotopic (exact) mass is 392 g/mol. The number of carbonyl (C=O) groups is 1. The molecule has 138 valence electrons. The fraction of sp³-hybridized carbons (Fsp3) is 0.167. The molecule has 0 aliphatic carbocycles. The number of nitrogens with one attached hydrogen (secondary N) is 1. The molecule has 1 N–H and O–H groups in total. The number of amides is 1. The number of hydrogen-bond acceptors (Lipinski definition) is 3. The first-order valence-electron chi connectivity index (χ1n) is 7.65. The number of halogens is 4. The van der Waals surface area contributed by atoms with Gasteiger partial charge in [-0.15, -0.1) is 6.42 Å². The van der Waals surface area contributed by atoms with Crippen LogP contribution in [0.1, 0.15) is 16.1 Å². The average molecular weight is 393 g/mol. The van der Waals surface area contributed by atoms with Crippen LogP contribution in [-0.4, -0.2) is 32.7 Å². The summed E-state index contributed by atoms with van der Waals surface area (Å²) in [6.07, 6.45) is 1.27. The Morgan fingerprint density at radius 2 is 2.11 bits per heavy atom. The minimum atomic E-state index is -4.76. The van der Waals surface area contributed by atoms with Gasteiger partial charge in [-0.1, -0.05) is 29.7 Å². The number of alkyl halides is 3. The number of aromatic nitrogens is 3. The Bertz CT molecular complexity index is 1070. The first kappa shape index (κ1) is 18.7. The molecule has 2 aromatic heterocycles. The highest BCUT2D eigenvalue weighted by atomic mass is 35.5. The maximum atomic E-state index is 12.8. The lowest BCUT2D eigenvalue weighted by atomic mass is 10.1. The highest BCUT2D eigenvalue weighted by molar-refractivity contribution is 6.30. The minimum Gasteiger partial charge on any atom is -0.330 e. The Morgan fingerprint density at radius 1 is 1.37 bits per heavy atom. The molecule has 0 radical (unpaired) electrons. The largest absolute Gasteiger partial charge is 0.420 e. The molecule has 3 aromatic rings. The molecule has 9 heteroatoms. The summed E-state index contributed by atoms with van der Waals surface area (Å²) in [5, 5.41) is 6.30. The number of benzene rings is 1. The van der Waals surface area contributed by atoms with Crippen molar-refractivity contribution in [1.29, 1.82) is 0 Å². The van der Waals surface area contributed by atoms with E-state index in [-0.39, 0.29) is 11.2 Å². The Labute approximate surface area is 157 Å². The van der Waals surface area contributed by atoms with E-state index < -0.39 is 18.1 Å². The summed E-state index contributed by atoms with van der Waals surface area (Å²) < 4.78 is 39.8. The van der Waals surface area contributed by atoms with Crippen LogP contribution in [0, 0.1) is 19.3 Å². The third kappa shape index (κ3) is 3.73. The minimum absolute atomic E-state index is 0.112. The number of terminal acetylenes is 1. The highest BCUT2D eigenvalue weighted by Crippen LogP contribution is 2.24. The molecule has 0 bridgehead atoms. The van der Waals surface area contributed by atoms with E-state index in [9.17, 15) is 18.0 Å². The van der Waals surface area contributed by atoms with Crippen LogP contribution in [0.4, 0.5) is 13.2 Å². The van der Waals surface area contributed by atoms with Gasteiger partial charge in [0.1, 0.15) is 5.56 Å². The van der Waals surface area contributed by atoms with E-state index in [0.717, 1.165) is 6.20 Å². The summed E-state index contributed by atoms with van der Waals surface area (Å²) >= 11 is 5.99. The average Bonchev–Trinajstić information content (AvgIpc) is 3.03. The summed E-state index contributed by atoms with van der Waals surface area (Å²) in [5.41, 5.74) is 1.82. The van der Waals surface area contributed by atoms with Crippen LogP contribution in [0.5, 0.6) is 0 Å². The van der Waals surface area contributed by atoms with Crippen molar-refractivity contribution in [3.63, 3.8) is 0 Å². The standard InChI is InChI=1S/C18H12ClF3N4O/c1-3-15(18(20,21)22)25-17(27)13-9-23-26-10(2)7-14(24-16(13)26)11-5-4-6-12(19)8-11/h1,4-9,15H,2H3,(H,25,27). The van der Waals surface area contributed by atoms with Gasteiger partial charge in [0, 0.05) is 16.3 Å². The van der Waals surface area contributed by atoms with E-state index in [1.165, 1.54) is 10.4 Å². The van der Waals surface area contributed by atoms with Crippen molar-refractivity contribution in [3.05, 3.63) is 52.8 Å². The van der Waals surface area contributed by atoms with Gasteiger partial charge in [-0.05, 0) is 25.1 Å². The van der Waals surface area contributed by atoms with Crippen LogP contribution in [0.25, 0.3) is 16.9 Å². The summed E-state index contributed by atoms with van der Waals surface area (Å²) in [6.45, 7) is 1.73. The zero-order chi connectivity index (χ0) is 19.8. The van der Waals surface area contributed by atoms with E-state index >= 15 is 0 Å². The normalized spacial score (nSPS) is 12.6. The van der Waals surface area contributed by atoms with E-state index in [4.69, 9.17) is 18.0 Å². The molecule has 0 aliphatic heterocycles. The predicted octanol–water partition coefficient (Wildman–Crippen LogP) is 3.65. The fourth-order valence-corrected chi connectivity index (χ4v) is 2.69. The molecule has 0 spiro atoms. The number of fused-ring (bicyclic) bond motifs is 1. The number of rotatable bonds is 3. The maximum Gasteiger partial charge on any atom is 0.420 e. The van der Waals surface area contributed by atoms with Gasteiger partial charge in [-0.25, -0.2) is 9.50 Å².